The molecule has 2 heterocycles. The second-order valence-corrected chi connectivity index (χ2v) is 9.22. The maximum atomic E-state index is 13.2. The van der Waals surface area contributed by atoms with Gasteiger partial charge in [-0.3, -0.25) is 0 Å². The molecule has 1 aromatic heterocycles. The standard InChI is InChI=1S/C24H25FO6S/c1-13-2-5-16(24(30)23(29)22(28)21(27)19(12-26)31-24)10-15(13)11-18-8-9-20(32-18)14-3-6-17(25)7-4-14/h2-10,19,21-23,26-30H,11-12H2,1H3/t19-,21-,22+,23-,24?/m1/s1. The molecule has 32 heavy (non-hydrogen) atoms. The van der Waals surface area contributed by atoms with E-state index < -0.39 is 36.8 Å². The summed E-state index contributed by atoms with van der Waals surface area (Å²) in [4.78, 5) is 2.05. The molecule has 0 radical (unpaired) electrons. The third-order valence-electron chi connectivity index (χ3n) is 5.88. The summed E-state index contributed by atoms with van der Waals surface area (Å²) in [6.07, 6.45) is -5.73. The Morgan fingerprint density at radius 2 is 1.72 bits per heavy atom. The van der Waals surface area contributed by atoms with E-state index in [9.17, 15) is 29.9 Å². The van der Waals surface area contributed by atoms with E-state index in [0.29, 0.717) is 6.42 Å². The van der Waals surface area contributed by atoms with Crippen molar-refractivity contribution in [2.75, 3.05) is 6.61 Å². The van der Waals surface area contributed by atoms with E-state index in [1.165, 1.54) is 12.1 Å². The van der Waals surface area contributed by atoms with Crippen LogP contribution in [-0.4, -0.2) is 56.6 Å². The second-order valence-electron chi connectivity index (χ2n) is 8.05. The van der Waals surface area contributed by atoms with Crippen molar-refractivity contribution in [1.29, 1.82) is 0 Å². The summed E-state index contributed by atoms with van der Waals surface area (Å²) in [5.41, 5.74) is 2.97. The first kappa shape index (κ1) is 23.0. The minimum atomic E-state index is -2.29. The van der Waals surface area contributed by atoms with Crippen LogP contribution in [0, 0.1) is 12.7 Å². The molecule has 1 unspecified atom stereocenters. The number of rotatable bonds is 5. The van der Waals surface area contributed by atoms with Gasteiger partial charge in [-0.25, -0.2) is 4.39 Å². The fourth-order valence-corrected chi connectivity index (χ4v) is 4.94. The van der Waals surface area contributed by atoms with E-state index in [0.717, 1.165) is 26.4 Å². The van der Waals surface area contributed by atoms with Crippen LogP contribution in [0.15, 0.2) is 54.6 Å². The fourth-order valence-electron chi connectivity index (χ4n) is 3.91. The van der Waals surface area contributed by atoms with Crippen LogP contribution in [0.1, 0.15) is 21.6 Å². The molecule has 0 bridgehead atoms. The number of thiophene rings is 1. The van der Waals surface area contributed by atoms with Crippen LogP contribution in [0.4, 0.5) is 4.39 Å². The maximum absolute atomic E-state index is 13.2. The molecule has 5 N–H and O–H groups in total. The van der Waals surface area contributed by atoms with Crippen molar-refractivity contribution in [2.24, 2.45) is 0 Å². The second kappa shape index (κ2) is 8.99. The molecular weight excluding hydrogens is 435 g/mol. The van der Waals surface area contributed by atoms with Gasteiger partial charge >= 0.3 is 0 Å². The molecule has 6 nitrogen and oxygen atoms in total. The highest BCUT2D eigenvalue weighted by atomic mass is 32.1. The van der Waals surface area contributed by atoms with Gasteiger partial charge in [0.1, 0.15) is 30.2 Å². The van der Waals surface area contributed by atoms with Crippen molar-refractivity contribution < 1.29 is 34.7 Å². The Bertz CT molecular complexity index is 1080. The molecule has 0 spiro atoms. The van der Waals surface area contributed by atoms with Gasteiger partial charge in [-0.05, 0) is 53.9 Å². The Morgan fingerprint density at radius 1 is 1.00 bits per heavy atom. The molecule has 4 rings (SSSR count). The molecule has 170 valence electrons. The molecule has 1 fully saturated rings. The van der Waals surface area contributed by atoms with Gasteiger partial charge < -0.3 is 30.3 Å². The van der Waals surface area contributed by atoms with Crippen LogP contribution in [0.2, 0.25) is 0 Å². The summed E-state index contributed by atoms with van der Waals surface area (Å²) in [5.74, 6) is -2.58. The van der Waals surface area contributed by atoms with E-state index in [1.54, 1.807) is 41.7 Å². The summed E-state index contributed by atoms with van der Waals surface area (Å²) in [7, 11) is 0. The number of benzene rings is 2. The van der Waals surface area contributed by atoms with Gasteiger partial charge in [-0.15, -0.1) is 11.3 Å². The van der Waals surface area contributed by atoms with Crippen molar-refractivity contribution in [2.45, 2.75) is 43.5 Å². The summed E-state index contributed by atoms with van der Waals surface area (Å²) in [6, 6.07) is 15.3. The molecule has 1 saturated heterocycles. The van der Waals surface area contributed by atoms with E-state index in [-0.39, 0.29) is 11.4 Å². The van der Waals surface area contributed by atoms with Crippen LogP contribution in [-0.2, 0) is 16.9 Å². The van der Waals surface area contributed by atoms with Gasteiger partial charge in [0.05, 0.1) is 6.61 Å². The van der Waals surface area contributed by atoms with Gasteiger partial charge in [0.15, 0.2) is 0 Å². The maximum Gasteiger partial charge on any atom is 0.222 e. The highest BCUT2D eigenvalue weighted by Gasteiger charge is 2.53. The summed E-state index contributed by atoms with van der Waals surface area (Å²) < 4.78 is 18.6. The Morgan fingerprint density at radius 3 is 2.41 bits per heavy atom. The monoisotopic (exact) mass is 460 g/mol. The third-order valence-corrected chi connectivity index (χ3v) is 7.02. The molecule has 0 aliphatic carbocycles. The zero-order chi connectivity index (χ0) is 23.0. The van der Waals surface area contributed by atoms with E-state index in [4.69, 9.17) is 4.74 Å². The Balaban J connectivity index is 1.61. The lowest BCUT2D eigenvalue weighted by Crippen LogP contribution is -2.63. The summed E-state index contributed by atoms with van der Waals surface area (Å²) in [6.45, 7) is 1.29. The first-order valence-electron chi connectivity index (χ1n) is 10.2. The Labute approximate surface area is 188 Å². The zero-order valence-electron chi connectivity index (χ0n) is 17.4. The summed E-state index contributed by atoms with van der Waals surface area (Å²) in [5, 5.41) is 51.1. The molecular formula is C24H25FO6S. The van der Waals surface area contributed by atoms with E-state index in [2.05, 4.69) is 0 Å². The van der Waals surface area contributed by atoms with E-state index in [1.807, 2.05) is 19.1 Å². The first-order chi connectivity index (χ1) is 15.2. The van der Waals surface area contributed by atoms with Crippen LogP contribution in [0.3, 0.4) is 0 Å². The lowest BCUT2D eigenvalue weighted by molar-refractivity contribution is -0.357. The topological polar surface area (TPSA) is 110 Å². The van der Waals surface area contributed by atoms with Crippen molar-refractivity contribution >= 4 is 11.3 Å². The highest BCUT2D eigenvalue weighted by Crippen LogP contribution is 2.38. The van der Waals surface area contributed by atoms with Crippen LogP contribution in [0.25, 0.3) is 10.4 Å². The predicted octanol–water partition coefficient (Wildman–Crippen LogP) is 2.07. The van der Waals surface area contributed by atoms with Crippen LogP contribution in [0.5, 0.6) is 0 Å². The first-order valence-corrected chi connectivity index (χ1v) is 11.0. The number of aryl methyl sites for hydroxylation is 1. The predicted molar refractivity (Wildman–Crippen MR) is 118 cm³/mol. The molecule has 0 saturated carbocycles. The molecule has 0 amide bonds. The average Bonchev–Trinajstić information content (AvgIpc) is 3.25. The van der Waals surface area contributed by atoms with Crippen molar-refractivity contribution in [3.8, 4) is 10.4 Å². The van der Waals surface area contributed by atoms with Crippen molar-refractivity contribution in [3.05, 3.63) is 82.0 Å². The molecule has 1 aliphatic heterocycles. The normalized spacial score (nSPS) is 28.1. The smallest absolute Gasteiger partial charge is 0.222 e. The van der Waals surface area contributed by atoms with Gasteiger partial charge in [0.25, 0.3) is 0 Å². The number of aliphatic hydroxyl groups is 5. The Hall–Kier alpha value is -2.17. The largest absolute Gasteiger partial charge is 0.394 e. The zero-order valence-corrected chi connectivity index (χ0v) is 18.2. The average molecular weight is 461 g/mol. The number of aliphatic hydroxyl groups excluding tert-OH is 4. The lowest BCUT2D eigenvalue weighted by atomic mass is 9.86. The van der Waals surface area contributed by atoms with Gasteiger partial charge in [0.2, 0.25) is 5.79 Å². The van der Waals surface area contributed by atoms with Gasteiger partial charge in [-0.1, -0.05) is 24.3 Å². The quantitative estimate of drug-likeness (QED) is 0.399. The van der Waals surface area contributed by atoms with Gasteiger partial charge in [-0.2, -0.15) is 0 Å². The molecule has 5 atom stereocenters. The minimum absolute atomic E-state index is 0.213. The van der Waals surface area contributed by atoms with Crippen molar-refractivity contribution in [3.63, 3.8) is 0 Å². The third kappa shape index (κ3) is 4.23. The lowest BCUT2D eigenvalue weighted by Gasteiger charge is -2.45. The fraction of sp³-hybridized carbons (Fsp3) is 0.333. The molecule has 3 aromatic rings. The molecule has 1 aliphatic rings. The van der Waals surface area contributed by atoms with Crippen LogP contribution >= 0.6 is 11.3 Å². The number of halogens is 1. The number of ether oxygens (including phenoxy) is 1. The van der Waals surface area contributed by atoms with E-state index >= 15 is 0 Å². The Kier molecular flexibility index (Phi) is 6.46. The number of hydrogen-bond acceptors (Lipinski definition) is 7. The van der Waals surface area contributed by atoms with Crippen molar-refractivity contribution in [1.82, 2.24) is 0 Å². The minimum Gasteiger partial charge on any atom is -0.394 e. The van der Waals surface area contributed by atoms with Gasteiger partial charge in [0, 0.05) is 21.7 Å². The molecule has 2 aromatic carbocycles. The SMILES string of the molecule is Cc1ccc(C2(O)O[C@H](CO)[C@@H](O)[C@H](O)[C@H]2O)cc1Cc1ccc(-c2ccc(F)cc2)s1. The number of hydrogen-bond donors (Lipinski definition) is 5. The molecule has 8 heteroatoms. The van der Waals surface area contributed by atoms with Crippen LogP contribution < -0.4 is 0 Å². The highest BCUT2D eigenvalue weighted by molar-refractivity contribution is 7.15. The summed E-state index contributed by atoms with van der Waals surface area (Å²) >= 11 is 1.57.